The first-order chi connectivity index (χ1) is 9.79. The fourth-order valence-corrected chi connectivity index (χ4v) is 2.16. The van der Waals surface area contributed by atoms with E-state index in [1.165, 1.54) is 12.3 Å². The highest BCUT2D eigenvalue weighted by Crippen LogP contribution is 2.32. The monoisotopic (exact) mass is 290 g/mol. The predicted octanol–water partition coefficient (Wildman–Crippen LogP) is 2.47. The van der Waals surface area contributed by atoms with Crippen molar-refractivity contribution in [2.24, 2.45) is 12.5 Å². The highest BCUT2D eigenvalue weighted by Gasteiger charge is 2.29. The van der Waals surface area contributed by atoms with Crippen molar-refractivity contribution in [1.29, 1.82) is 0 Å². The topological polar surface area (TPSA) is 59.8 Å². The second-order valence-corrected chi connectivity index (χ2v) is 6.08. The zero-order valence-corrected chi connectivity index (χ0v) is 12.6. The molecule has 0 unspecified atom stereocenters. The molecule has 2 heterocycles. The van der Waals surface area contributed by atoms with Crippen LogP contribution < -0.4 is 5.32 Å². The average Bonchev–Trinajstić information content (AvgIpc) is 2.81. The maximum Gasteiger partial charge on any atom is 0.254 e. The molecule has 0 aromatic carbocycles. The van der Waals surface area contributed by atoms with Gasteiger partial charge in [-0.25, -0.2) is 4.39 Å². The van der Waals surface area contributed by atoms with Crippen molar-refractivity contribution in [3.05, 3.63) is 47.8 Å². The molecule has 0 aliphatic heterocycles. The molecule has 0 spiro atoms. The number of nitrogens with zero attached hydrogens (tertiary/aromatic N) is 3. The van der Waals surface area contributed by atoms with Crippen molar-refractivity contribution in [3.63, 3.8) is 0 Å². The van der Waals surface area contributed by atoms with Crippen molar-refractivity contribution < 1.29 is 9.18 Å². The van der Waals surface area contributed by atoms with Gasteiger partial charge in [-0.3, -0.25) is 14.5 Å². The second-order valence-electron chi connectivity index (χ2n) is 6.08. The largest absolute Gasteiger partial charge is 0.344 e. The molecule has 6 heteroatoms. The van der Waals surface area contributed by atoms with Crippen molar-refractivity contribution in [1.82, 2.24) is 20.1 Å². The van der Waals surface area contributed by atoms with E-state index in [0.717, 1.165) is 11.8 Å². The third-order valence-electron chi connectivity index (χ3n) is 3.22. The van der Waals surface area contributed by atoms with Crippen LogP contribution in [0, 0.1) is 11.2 Å². The van der Waals surface area contributed by atoms with Crippen LogP contribution in [0.1, 0.15) is 42.7 Å². The van der Waals surface area contributed by atoms with Gasteiger partial charge in [0.2, 0.25) is 0 Å². The molecule has 1 atom stereocenters. The van der Waals surface area contributed by atoms with E-state index in [-0.39, 0.29) is 17.0 Å². The summed E-state index contributed by atoms with van der Waals surface area (Å²) in [5, 5.41) is 7.01. The van der Waals surface area contributed by atoms with Crippen molar-refractivity contribution in [3.8, 4) is 0 Å². The Balaban J connectivity index is 2.28. The first-order valence-corrected chi connectivity index (χ1v) is 6.68. The van der Waals surface area contributed by atoms with Gasteiger partial charge in [0.05, 0.1) is 24.0 Å². The Hall–Kier alpha value is -2.24. The lowest BCUT2D eigenvalue weighted by atomic mass is 9.83. The van der Waals surface area contributed by atoms with Gasteiger partial charge < -0.3 is 5.32 Å². The molecule has 112 valence electrons. The molecule has 5 nitrogen and oxygen atoms in total. The summed E-state index contributed by atoms with van der Waals surface area (Å²) in [4.78, 5) is 15.9. The van der Waals surface area contributed by atoms with E-state index < -0.39 is 11.7 Å². The number of halogens is 1. The highest BCUT2D eigenvalue weighted by molar-refractivity contribution is 5.94. The smallest absolute Gasteiger partial charge is 0.254 e. The van der Waals surface area contributed by atoms with Gasteiger partial charge in [-0.15, -0.1) is 0 Å². The number of aromatic nitrogens is 3. The van der Waals surface area contributed by atoms with Gasteiger partial charge in [-0.05, 0) is 11.5 Å². The Morgan fingerprint density at radius 1 is 1.38 bits per heavy atom. The van der Waals surface area contributed by atoms with E-state index in [0.29, 0.717) is 0 Å². The van der Waals surface area contributed by atoms with E-state index in [1.54, 1.807) is 10.9 Å². The molecule has 2 aromatic heterocycles. The van der Waals surface area contributed by atoms with E-state index in [1.807, 2.05) is 34.0 Å². The van der Waals surface area contributed by atoms with Gasteiger partial charge in [0.25, 0.3) is 5.91 Å². The lowest BCUT2D eigenvalue weighted by Crippen LogP contribution is -2.36. The van der Waals surface area contributed by atoms with Crippen LogP contribution in [0.5, 0.6) is 0 Å². The number of aryl methyl sites for hydroxylation is 1. The molecule has 1 amide bonds. The molecular formula is C15H19FN4O. The summed E-state index contributed by atoms with van der Waals surface area (Å²) in [5.74, 6) is -1.09. The van der Waals surface area contributed by atoms with Crippen molar-refractivity contribution in [2.45, 2.75) is 26.8 Å². The highest BCUT2D eigenvalue weighted by atomic mass is 19.1. The Kier molecular flexibility index (Phi) is 4.06. The lowest BCUT2D eigenvalue weighted by Gasteiger charge is -2.30. The summed E-state index contributed by atoms with van der Waals surface area (Å²) in [6.07, 6.45) is 5.98. The molecule has 2 rings (SSSR count). The Morgan fingerprint density at radius 2 is 2.10 bits per heavy atom. The zero-order chi connectivity index (χ0) is 15.6. The van der Waals surface area contributed by atoms with Crippen LogP contribution >= 0.6 is 0 Å². The number of nitrogens with one attached hydrogen (secondary N) is 1. The molecule has 2 aromatic rings. The van der Waals surface area contributed by atoms with Gasteiger partial charge in [0.15, 0.2) is 5.82 Å². The molecule has 1 N–H and O–H groups in total. The molecule has 0 radical (unpaired) electrons. The summed E-state index contributed by atoms with van der Waals surface area (Å²) in [7, 11) is 1.81. The molecule has 21 heavy (non-hydrogen) atoms. The van der Waals surface area contributed by atoms with Crippen LogP contribution in [0.4, 0.5) is 4.39 Å². The van der Waals surface area contributed by atoms with E-state index >= 15 is 0 Å². The SMILES string of the molecule is Cn1cc([C@H](NC(=O)c2ccncc2F)C(C)(C)C)cn1. The quantitative estimate of drug-likeness (QED) is 0.944. The maximum absolute atomic E-state index is 13.7. The van der Waals surface area contributed by atoms with Gasteiger partial charge >= 0.3 is 0 Å². The Bertz CT molecular complexity index is 645. The average molecular weight is 290 g/mol. The minimum absolute atomic E-state index is 0.0110. The molecule has 0 aliphatic carbocycles. The van der Waals surface area contributed by atoms with Crippen molar-refractivity contribution in [2.75, 3.05) is 0 Å². The van der Waals surface area contributed by atoms with Crippen LogP contribution in [-0.4, -0.2) is 20.7 Å². The van der Waals surface area contributed by atoms with Gasteiger partial charge in [0.1, 0.15) is 0 Å². The fourth-order valence-electron chi connectivity index (χ4n) is 2.16. The minimum Gasteiger partial charge on any atom is -0.344 e. The third-order valence-corrected chi connectivity index (χ3v) is 3.22. The van der Waals surface area contributed by atoms with E-state index in [2.05, 4.69) is 15.4 Å². The van der Waals surface area contributed by atoms with Crippen LogP contribution in [0.3, 0.4) is 0 Å². The Labute approximate surface area is 123 Å². The molecular weight excluding hydrogens is 271 g/mol. The summed E-state index contributed by atoms with van der Waals surface area (Å²) >= 11 is 0. The van der Waals surface area contributed by atoms with Gasteiger partial charge in [-0.2, -0.15) is 5.10 Å². The first kappa shape index (κ1) is 15.2. The van der Waals surface area contributed by atoms with Crippen molar-refractivity contribution >= 4 is 5.91 Å². The number of pyridine rings is 1. The number of hydrogen-bond donors (Lipinski definition) is 1. The van der Waals surface area contributed by atoms with Gasteiger partial charge in [0, 0.05) is 25.0 Å². The zero-order valence-electron chi connectivity index (χ0n) is 12.6. The van der Waals surface area contributed by atoms with E-state index in [4.69, 9.17) is 0 Å². The fraction of sp³-hybridized carbons (Fsp3) is 0.400. The molecule has 0 saturated heterocycles. The summed E-state index contributed by atoms with van der Waals surface area (Å²) in [6, 6.07) is 1.10. The summed E-state index contributed by atoms with van der Waals surface area (Å²) < 4.78 is 15.3. The standard InChI is InChI=1S/C15H19FN4O/c1-15(2,3)13(10-7-18-20(4)9-10)19-14(21)11-5-6-17-8-12(11)16/h5-9,13H,1-4H3,(H,19,21)/t13-/m0/s1. The first-order valence-electron chi connectivity index (χ1n) is 6.68. The van der Waals surface area contributed by atoms with Crippen LogP contribution in [0.25, 0.3) is 0 Å². The normalized spacial score (nSPS) is 13.0. The molecule has 0 fully saturated rings. The van der Waals surface area contributed by atoms with Crippen LogP contribution in [0.2, 0.25) is 0 Å². The number of carbonyl (C=O) groups is 1. The lowest BCUT2D eigenvalue weighted by molar-refractivity contribution is 0.0897. The minimum atomic E-state index is -0.631. The summed E-state index contributed by atoms with van der Waals surface area (Å²) in [5.41, 5.74) is 0.637. The van der Waals surface area contributed by atoms with Crippen LogP contribution in [0.15, 0.2) is 30.9 Å². The van der Waals surface area contributed by atoms with Gasteiger partial charge in [-0.1, -0.05) is 20.8 Å². The summed E-state index contributed by atoms with van der Waals surface area (Å²) in [6.45, 7) is 6.02. The number of rotatable bonds is 3. The number of carbonyl (C=O) groups excluding carboxylic acids is 1. The van der Waals surface area contributed by atoms with Crippen LogP contribution in [-0.2, 0) is 7.05 Å². The predicted molar refractivity (Wildman–Crippen MR) is 77.1 cm³/mol. The van der Waals surface area contributed by atoms with E-state index in [9.17, 15) is 9.18 Å². The second kappa shape index (κ2) is 5.63. The maximum atomic E-state index is 13.7. The molecule has 0 aliphatic rings. The number of amides is 1. The Morgan fingerprint density at radius 3 is 2.62 bits per heavy atom. The third kappa shape index (κ3) is 3.45. The molecule has 0 bridgehead atoms. The number of hydrogen-bond acceptors (Lipinski definition) is 3. The molecule has 0 saturated carbocycles.